The standard InChI is InChI=1S/C8H10N6O3/c1-2-8-13(10-4-16)6-12(9-3-15)7-14(8)11-5-17/h8H,2,6-7H2,1H3. The van der Waals surface area contributed by atoms with Crippen LogP contribution in [0.1, 0.15) is 13.3 Å². The van der Waals surface area contributed by atoms with Crippen molar-refractivity contribution in [2.24, 2.45) is 15.3 Å². The zero-order valence-corrected chi connectivity index (χ0v) is 9.11. The van der Waals surface area contributed by atoms with Crippen LogP contribution in [0, 0.1) is 0 Å². The summed E-state index contributed by atoms with van der Waals surface area (Å²) in [5.41, 5.74) is 0. The normalized spacial score (nSPS) is 18.9. The number of nitrogens with zero attached hydrogens (tertiary/aromatic N) is 6. The van der Waals surface area contributed by atoms with Crippen LogP contribution in [0.25, 0.3) is 0 Å². The Bertz CT molecular complexity index is 379. The first-order chi connectivity index (χ1) is 8.26. The number of isocyanates is 3. The molecule has 0 unspecified atom stereocenters. The Kier molecular flexibility index (Phi) is 4.59. The van der Waals surface area contributed by atoms with E-state index in [1.165, 1.54) is 33.3 Å². The van der Waals surface area contributed by atoms with Gasteiger partial charge in [-0.05, 0) is 6.42 Å². The van der Waals surface area contributed by atoms with Gasteiger partial charge in [0, 0.05) is 0 Å². The molecule has 9 nitrogen and oxygen atoms in total. The maximum atomic E-state index is 10.3. The van der Waals surface area contributed by atoms with E-state index < -0.39 is 0 Å². The summed E-state index contributed by atoms with van der Waals surface area (Å²) in [7, 11) is 0. The molecule has 1 fully saturated rings. The second kappa shape index (κ2) is 6.19. The summed E-state index contributed by atoms with van der Waals surface area (Å²) in [4.78, 5) is 30.7. The average Bonchev–Trinajstić information content (AvgIpc) is 2.30. The van der Waals surface area contributed by atoms with Crippen LogP contribution in [-0.4, -0.2) is 52.8 Å². The molecule has 0 radical (unpaired) electrons. The van der Waals surface area contributed by atoms with E-state index in [1.54, 1.807) is 0 Å². The number of carbonyl (C=O) groups excluding carboxylic acids is 3. The Hall–Kier alpha value is -2.46. The highest BCUT2D eigenvalue weighted by molar-refractivity contribution is 5.33. The van der Waals surface area contributed by atoms with Gasteiger partial charge in [0.1, 0.15) is 19.5 Å². The zero-order valence-electron chi connectivity index (χ0n) is 9.11. The number of hydrazone groups is 3. The maximum Gasteiger partial charge on any atom is 0.258 e. The van der Waals surface area contributed by atoms with Crippen molar-refractivity contribution in [3.8, 4) is 0 Å². The van der Waals surface area contributed by atoms with Gasteiger partial charge in [0.25, 0.3) is 18.2 Å². The minimum Gasteiger partial charge on any atom is -0.243 e. The van der Waals surface area contributed by atoms with Crippen molar-refractivity contribution in [1.82, 2.24) is 15.0 Å². The lowest BCUT2D eigenvalue weighted by Gasteiger charge is -2.41. The van der Waals surface area contributed by atoms with Crippen molar-refractivity contribution in [3.63, 3.8) is 0 Å². The monoisotopic (exact) mass is 238 g/mol. The average molecular weight is 238 g/mol. The lowest BCUT2D eigenvalue weighted by atomic mass is 10.3. The van der Waals surface area contributed by atoms with Gasteiger partial charge in [0.2, 0.25) is 0 Å². The van der Waals surface area contributed by atoms with Crippen molar-refractivity contribution in [1.29, 1.82) is 0 Å². The molecule has 0 atom stereocenters. The molecule has 0 aromatic carbocycles. The largest absolute Gasteiger partial charge is 0.258 e. The van der Waals surface area contributed by atoms with Gasteiger partial charge in [0.05, 0.1) is 0 Å². The summed E-state index contributed by atoms with van der Waals surface area (Å²) in [5.74, 6) is 0. The molecule has 17 heavy (non-hydrogen) atoms. The quantitative estimate of drug-likeness (QED) is 0.475. The van der Waals surface area contributed by atoms with Crippen molar-refractivity contribution < 1.29 is 14.4 Å². The van der Waals surface area contributed by atoms with Gasteiger partial charge in [-0.2, -0.15) is 0 Å². The van der Waals surface area contributed by atoms with Crippen molar-refractivity contribution >= 4 is 18.2 Å². The Labute approximate surface area is 96.6 Å². The summed E-state index contributed by atoms with van der Waals surface area (Å²) in [6, 6.07) is 0. The number of rotatable bonds is 4. The smallest absolute Gasteiger partial charge is 0.243 e. The van der Waals surface area contributed by atoms with Gasteiger partial charge >= 0.3 is 0 Å². The third kappa shape index (κ3) is 2.99. The fourth-order valence-electron chi connectivity index (χ4n) is 1.57. The van der Waals surface area contributed by atoms with Crippen LogP contribution >= 0.6 is 0 Å². The van der Waals surface area contributed by atoms with Crippen molar-refractivity contribution in [2.75, 3.05) is 13.3 Å². The highest BCUT2D eigenvalue weighted by Crippen LogP contribution is 2.18. The fraction of sp³-hybridized carbons (Fsp3) is 0.625. The molecule has 0 N–H and O–H groups in total. The molecule has 1 saturated heterocycles. The second-order valence-electron chi connectivity index (χ2n) is 3.13. The molecule has 0 amide bonds. The van der Waals surface area contributed by atoms with Crippen molar-refractivity contribution in [3.05, 3.63) is 0 Å². The lowest BCUT2D eigenvalue weighted by molar-refractivity contribution is -0.0841. The number of hydrogen-bond acceptors (Lipinski definition) is 9. The van der Waals surface area contributed by atoms with Gasteiger partial charge in [-0.25, -0.2) is 29.4 Å². The van der Waals surface area contributed by atoms with Gasteiger partial charge in [0.15, 0.2) is 0 Å². The SMILES string of the molecule is CCC1N(N=C=O)CN(N=C=O)CN1N=C=O. The Balaban J connectivity index is 2.97. The van der Waals surface area contributed by atoms with Gasteiger partial charge in [-0.3, -0.25) is 0 Å². The van der Waals surface area contributed by atoms with E-state index in [0.29, 0.717) is 6.42 Å². The van der Waals surface area contributed by atoms with Gasteiger partial charge in [-0.1, -0.05) is 22.2 Å². The molecular formula is C8H10N6O3. The van der Waals surface area contributed by atoms with E-state index in [2.05, 4.69) is 15.3 Å². The molecule has 1 aliphatic heterocycles. The summed E-state index contributed by atoms with van der Waals surface area (Å²) < 4.78 is 0. The number of hydrogen-bond donors (Lipinski definition) is 0. The van der Waals surface area contributed by atoms with Gasteiger partial charge < -0.3 is 0 Å². The summed E-state index contributed by atoms with van der Waals surface area (Å²) in [6.07, 6.45) is 4.34. The van der Waals surface area contributed by atoms with Crippen LogP contribution in [0.5, 0.6) is 0 Å². The zero-order chi connectivity index (χ0) is 12.7. The van der Waals surface area contributed by atoms with Crippen LogP contribution in [0.3, 0.4) is 0 Å². The minimum absolute atomic E-state index is 0.119. The van der Waals surface area contributed by atoms with Crippen LogP contribution in [-0.2, 0) is 14.4 Å². The molecule has 0 saturated carbocycles. The molecule has 9 heteroatoms. The molecule has 90 valence electrons. The molecule has 0 bridgehead atoms. The molecule has 1 rings (SSSR count). The third-order valence-electron chi connectivity index (χ3n) is 2.19. The predicted molar refractivity (Wildman–Crippen MR) is 53.7 cm³/mol. The van der Waals surface area contributed by atoms with Crippen molar-refractivity contribution in [2.45, 2.75) is 19.5 Å². The Morgan fingerprint density at radius 2 is 1.47 bits per heavy atom. The minimum atomic E-state index is -0.379. The van der Waals surface area contributed by atoms with E-state index in [4.69, 9.17) is 0 Å². The summed E-state index contributed by atoms with van der Waals surface area (Å²) in [5, 5.41) is 14.2. The Morgan fingerprint density at radius 1 is 1.00 bits per heavy atom. The molecule has 0 aromatic rings. The highest BCUT2D eigenvalue weighted by atomic mass is 16.1. The summed E-state index contributed by atoms with van der Waals surface area (Å²) in [6.45, 7) is 2.08. The van der Waals surface area contributed by atoms with Crippen LogP contribution < -0.4 is 0 Å². The molecule has 1 aliphatic rings. The first kappa shape index (κ1) is 12.6. The first-order valence-corrected chi connectivity index (χ1v) is 4.78. The Morgan fingerprint density at radius 3 is 1.82 bits per heavy atom. The van der Waals surface area contributed by atoms with Crippen LogP contribution in [0.4, 0.5) is 0 Å². The maximum absolute atomic E-state index is 10.3. The van der Waals surface area contributed by atoms with Crippen LogP contribution in [0.2, 0.25) is 0 Å². The van der Waals surface area contributed by atoms with Crippen LogP contribution in [0.15, 0.2) is 15.3 Å². The van der Waals surface area contributed by atoms with E-state index in [9.17, 15) is 14.4 Å². The molecule has 0 spiro atoms. The van der Waals surface area contributed by atoms with E-state index in [1.807, 2.05) is 6.92 Å². The van der Waals surface area contributed by atoms with Gasteiger partial charge in [-0.15, -0.1) is 0 Å². The fourth-order valence-corrected chi connectivity index (χ4v) is 1.57. The third-order valence-corrected chi connectivity index (χ3v) is 2.19. The van der Waals surface area contributed by atoms with E-state index in [-0.39, 0.29) is 19.5 Å². The van der Waals surface area contributed by atoms with E-state index >= 15 is 0 Å². The molecule has 0 aliphatic carbocycles. The lowest BCUT2D eigenvalue weighted by Crippen LogP contribution is -2.55. The summed E-state index contributed by atoms with van der Waals surface area (Å²) >= 11 is 0. The van der Waals surface area contributed by atoms with E-state index in [0.717, 1.165) is 0 Å². The first-order valence-electron chi connectivity index (χ1n) is 4.78. The highest BCUT2D eigenvalue weighted by Gasteiger charge is 2.30. The molecule has 0 aromatic heterocycles. The predicted octanol–water partition coefficient (Wildman–Crippen LogP) is -0.690. The molecule has 1 heterocycles. The molecular weight excluding hydrogens is 228 g/mol. The second-order valence-corrected chi connectivity index (χ2v) is 3.13. The topological polar surface area (TPSA) is 98.0 Å².